The Morgan fingerprint density at radius 2 is 1.92 bits per heavy atom. The molecule has 8 nitrogen and oxygen atoms in total. The predicted octanol–water partition coefficient (Wildman–Crippen LogP) is 3.94. The van der Waals surface area contributed by atoms with E-state index in [2.05, 4.69) is 27.7 Å². The van der Waals surface area contributed by atoms with E-state index < -0.39 is 17.4 Å². The number of fused-ring (bicyclic) bond motifs is 1. The van der Waals surface area contributed by atoms with Crippen molar-refractivity contribution in [2.24, 2.45) is 5.41 Å². The van der Waals surface area contributed by atoms with Crippen molar-refractivity contribution in [2.75, 3.05) is 45.2 Å². The van der Waals surface area contributed by atoms with Gasteiger partial charge in [0.1, 0.15) is 11.9 Å². The van der Waals surface area contributed by atoms with Crippen molar-refractivity contribution in [2.45, 2.75) is 64.8 Å². The first kappa shape index (κ1) is 29.6. The van der Waals surface area contributed by atoms with Gasteiger partial charge in [-0.1, -0.05) is 50.2 Å². The van der Waals surface area contributed by atoms with Gasteiger partial charge in [0, 0.05) is 37.9 Å². The summed E-state index contributed by atoms with van der Waals surface area (Å²) in [5.41, 5.74) is 2.74. The number of carbonyl (C=O) groups excluding carboxylic acids is 1. The van der Waals surface area contributed by atoms with Crippen molar-refractivity contribution in [1.82, 2.24) is 15.2 Å². The van der Waals surface area contributed by atoms with E-state index >= 15 is 0 Å². The van der Waals surface area contributed by atoms with Crippen molar-refractivity contribution in [3.05, 3.63) is 59.3 Å². The van der Waals surface area contributed by atoms with E-state index in [1.54, 1.807) is 7.11 Å². The van der Waals surface area contributed by atoms with Crippen LogP contribution in [0.5, 0.6) is 0 Å². The van der Waals surface area contributed by atoms with Crippen LogP contribution in [0.15, 0.2) is 42.5 Å². The molecule has 1 unspecified atom stereocenters. The number of nitrogens with zero attached hydrogens (tertiary/aromatic N) is 2. The van der Waals surface area contributed by atoms with Crippen LogP contribution in [0.25, 0.3) is 0 Å². The van der Waals surface area contributed by atoms with Crippen molar-refractivity contribution in [3.63, 3.8) is 0 Å². The molecule has 0 saturated carbocycles. The first-order valence-corrected chi connectivity index (χ1v) is 13.8. The normalized spacial score (nSPS) is 14.0. The summed E-state index contributed by atoms with van der Waals surface area (Å²) in [4.78, 5) is 32.0. The largest absolute Gasteiger partial charge is 0.480 e. The Labute approximate surface area is 227 Å². The number of unbranched alkanes of at least 4 members (excludes halogenated alkanes) is 1. The molecule has 3 N–H and O–H groups in total. The molecule has 0 spiro atoms. The molecule has 1 aliphatic heterocycles. The summed E-state index contributed by atoms with van der Waals surface area (Å²) in [6, 6.07) is 13.2. The number of aliphatic carboxylic acids is 1. The third kappa shape index (κ3) is 9.40. The number of carboxylic acid groups (broad SMARTS) is 1. The highest BCUT2D eigenvalue weighted by Gasteiger charge is 2.31. The topological polar surface area (TPSA) is 104 Å². The number of rotatable bonds is 16. The Morgan fingerprint density at radius 1 is 1.13 bits per heavy atom. The summed E-state index contributed by atoms with van der Waals surface area (Å²) in [5.74, 6) is -0.221. The molecule has 2 heterocycles. The molecule has 1 amide bonds. The van der Waals surface area contributed by atoms with Gasteiger partial charge < -0.3 is 25.4 Å². The highest BCUT2D eigenvalue weighted by molar-refractivity contribution is 5.87. The average Bonchev–Trinajstić information content (AvgIpc) is 2.91. The van der Waals surface area contributed by atoms with Gasteiger partial charge in [0.25, 0.3) is 0 Å². The zero-order valence-corrected chi connectivity index (χ0v) is 23.2. The molecule has 8 heteroatoms. The number of hydrogen-bond acceptors (Lipinski definition) is 6. The number of carboxylic acids is 1. The molecule has 0 aliphatic carbocycles. The molecule has 0 saturated heterocycles. The van der Waals surface area contributed by atoms with Crippen LogP contribution in [-0.2, 0) is 33.6 Å². The number of hydrogen-bond donors (Lipinski definition) is 3. The van der Waals surface area contributed by atoms with Crippen molar-refractivity contribution in [1.29, 1.82) is 0 Å². The third-order valence-electron chi connectivity index (χ3n) is 7.16. The molecule has 0 bridgehead atoms. The molecule has 1 aliphatic rings. The van der Waals surface area contributed by atoms with Gasteiger partial charge >= 0.3 is 5.97 Å². The van der Waals surface area contributed by atoms with Crippen molar-refractivity contribution < 1.29 is 19.4 Å². The number of benzene rings is 1. The standard InChI is InChI=1S/C30H44N4O4/c1-30(2,22-23-10-5-4-6-11-23)29(37)33-26(28(35)36)16-19-34(20-21-38-3)18-8-7-13-25-15-14-24-12-9-17-31-27(24)32-25/h4-6,10-11,14-15,26H,7-9,12-13,16-22H2,1-3H3,(H,31,32)(H,33,37)(H,35,36). The Morgan fingerprint density at radius 3 is 2.66 bits per heavy atom. The van der Waals surface area contributed by atoms with Crippen LogP contribution in [0.3, 0.4) is 0 Å². The average molecular weight is 525 g/mol. The molecule has 1 aromatic heterocycles. The Bertz CT molecular complexity index is 1030. The van der Waals surface area contributed by atoms with E-state index in [0.29, 0.717) is 26.0 Å². The molecule has 0 fully saturated rings. The van der Waals surface area contributed by atoms with Gasteiger partial charge in [-0.05, 0) is 68.7 Å². The summed E-state index contributed by atoms with van der Waals surface area (Å²) >= 11 is 0. The summed E-state index contributed by atoms with van der Waals surface area (Å²) in [6.45, 7) is 7.40. The fraction of sp³-hybridized carbons (Fsp3) is 0.567. The van der Waals surface area contributed by atoms with E-state index in [4.69, 9.17) is 9.72 Å². The zero-order chi connectivity index (χ0) is 27.4. The van der Waals surface area contributed by atoms with E-state index in [9.17, 15) is 14.7 Å². The summed E-state index contributed by atoms with van der Waals surface area (Å²) in [5, 5.41) is 16.0. The summed E-state index contributed by atoms with van der Waals surface area (Å²) in [7, 11) is 1.67. The monoisotopic (exact) mass is 524 g/mol. The molecule has 208 valence electrons. The van der Waals surface area contributed by atoms with Crippen LogP contribution in [0.2, 0.25) is 0 Å². The van der Waals surface area contributed by atoms with Crippen molar-refractivity contribution in [3.8, 4) is 0 Å². The first-order chi connectivity index (χ1) is 18.3. The number of pyridine rings is 1. The third-order valence-corrected chi connectivity index (χ3v) is 7.16. The summed E-state index contributed by atoms with van der Waals surface area (Å²) < 4.78 is 5.28. The highest BCUT2D eigenvalue weighted by Crippen LogP contribution is 2.23. The lowest BCUT2D eigenvalue weighted by atomic mass is 9.84. The van der Waals surface area contributed by atoms with Crippen LogP contribution in [0, 0.1) is 5.41 Å². The molecule has 3 rings (SSSR count). The number of anilines is 1. The number of methoxy groups -OCH3 is 1. The van der Waals surface area contributed by atoms with Gasteiger partial charge in [0.15, 0.2) is 0 Å². The second-order valence-electron chi connectivity index (χ2n) is 10.8. The number of carbonyl (C=O) groups is 2. The van der Waals surface area contributed by atoms with Gasteiger partial charge in [-0.3, -0.25) is 4.79 Å². The van der Waals surface area contributed by atoms with E-state index in [1.807, 2.05) is 44.2 Å². The lowest BCUT2D eigenvalue weighted by molar-refractivity contribution is -0.143. The quantitative estimate of drug-likeness (QED) is 0.286. The minimum absolute atomic E-state index is 0.246. The lowest BCUT2D eigenvalue weighted by Crippen LogP contribution is -2.48. The fourth-order valence-corrected chi connectivity index (χ4v) is 4.81. The second kappa shape index (κ2) is 14.8. The Kier molecular flexibility index (Phi) is 11.5. The first-order valence-electron chi connectivity index (χ1n) is 13.8. The van der Waals surface area contributed by atoms with Crippen LogP contribution in [0.1, 0.15) is 56.4 Å². The molecule has 2 aromatic rings. The van der Waals surface area contributed by atoms with E-state index in [-0.39, 0.29) is 5.91 Å². The Balaban J connectivity index is 1.48. The number of nitrogens with one attached hydrogen (secondary N) is 2. The molecule has 1 atom stereocenters. The smallest absolute Gasteiger partial charge is 0.326 e. The van der Waals surface area contributed by atoms with Crippen molar-refractivity contribution >= 4 is 17.7 Å². The maximum absolute atomic E-state index is 13.0. The number of ether oxygens (including phenoxy) is 1. The minimum atomic E-state index is -1.01. The predicted molar refractivity (Wildman–Crippen MR) is 150 cm³/mol. The number of aromatic nitrogens is 1. The summed E-state index contributed by atoms with van der Waals surface area (Å²) in [6.07, 6.45) is 6.02. The molecule has 1 aromatic carbocycles. The van der Waals surface area contributed by atoms with Gasteiger partial charge in [-0.25, -0.2) is 9.78 Å². The van der Waals surface area contributed by atoms with E-state index in [1.165, 1.54) is 5.56 Å². The molecule has 38 heavy (non-hydrogen) atoms. The number of aryl methyl sites for hydroxylation is 2. The van der Waals surface area contributed by atoms with Gasteiger partial charge in [0.2, 0.25) is 5.91 Å². The van der Waals surface area contributed by atoms with Crippen LogP contribution in [0.4, 0.5) is 5.82 Å². The maximum atomic E-state index is 13.0. The van der Waals surface area contributed by atoms with Crippen LogP contribution >= 0.6 is 0 Å². The molecular formula is C30H44N4O4. The lowest BCUT2D eigenvalue weighted by Gasteiger charge is -2.28. The fourth-order valence-electron chi connectivity index (χ4n) is 4.81. The molecular weight excluding hydrogens is 480 g/mol. The van der Waals surface area contributed by atoms with Crippen LogP contribution in [-0.4, -0.2) is 72.8 Å². The van der Waals surface area contributed by atoms with Crippen LogP contribution < -0.4 is 10.6 Å². The maximum Gasteiger partial charge on any atom is 0.326 e. The van der Waals surface area contributed by atoms with Gasteiger partial charge in [-0.2, -0.15) is 0 Å². The SMILES string of the molecule is COCCN(CCCCc1ccc2c(n1)NCCC2)CCC(NC(=O)C(C)(C)Cc1ccccc1)C(=O)O. The minimum Gasteiger partial charge on any atom is -0.480 e. The van der Waals surface area contributed by atoms with Gasteiger partial charge in [-0.15, -0.1) is 0 Å². The Hall–Kier alpha value is -2.97. The molecule has 0 radical (unpaired) electrons. The number of amides is 1. The van der Waals surface area contributed by atoms with E-state index in [0.717, 1.165) is 68.8 Å². The highest BCUT2D eigenvalue weighted by atomic mass is 16.5. The van der Waals surface area contributed by atoms with Gasteiger partial charge in [0.05, 0.1) is 6.61 Å². The second-order valence-corrected chi connectivity index (χ2v) is 10.8. The zero-order valence-electron chi connectivity index (χ0n) is 23.2.